The van der Waals surface area contributed by atoms with Crippen molar-refractivity contribution in [2.75, 3.05) is 18.4 Å². The van der Waals surface area contributed by atoms with E-state index in [1.165, 1.54) is 6.33 Å². The molecule has 0 spiro atoms. The number of fused-ring (bicyclic) bond motifs is 1. The highest BCUT2D eigenvalue weighted by molar-refractivity contribution is 7.78. The summed E-state index contributed by atoms with van der Waals surface area (Å²) >= 11 is -2.12. The molecular weight excluding hydrogens is 404 g/mol. The maximum atomic E-state index is 11.9. The Bertz CT molecular complexity index is 1100. The molecule has 1 N–H and O–H groups in total. The second kappa shape index (κ2) is 8.49. The van der Waals surface area contributed by atoms with Gasteiger partial charge in [-0.2, -0.15) is 0 Å². The van der Waals surface area contributed by atoms with E-state index in [9.17, 15) is 13.6 Å². The molecule has 158 valence electrons. The van der Waals surface area contributed by atoms with Crippen LogP contribution in [0.1, 0.15) is 25.3 Å². The molecule has 1 aliphatic rings. The van der Waals surface area contributed by atoms with E-state index in [1.807, 2.05) is 35.6 Å². The number of likely N-dealkylation sites (tertiary alicyclic amines) is 1. The second-order valence-corrected chi connectivity index (χ2v) is 8.25. The lowest BCUT2D eigenvalue weighted by atomic mass is 10.1. The fourth-order valence-corrected chi connectivity index (χ4v) is 4.24. The molecule has 3 aromatic rings. The molecule has 1 aromatic carbocycles. The van der Waals surface area contributed by atoms with Crippen LogP contribution in [0, 0.1) is 0 Å². The van der Waals surface area contributed by atoms with Crippen LogP contribution in [-0.2, 0) is 28.7 Å². The average molecular weight is 428 g/mol. The highest BCUT2D eigenvalue weighted by Gasteiger charge is 2.26. The van der Waals surface area contributed by atoms with Gasteiger partial charge >= 0.3 is 0 Å². The Morgan fingerprint density at radius 2 is 2.07 bits per heavy atom. The van der Waals surface area contributed by atoms with Gasteiger partial charge in [-0.25, -0.2) is 15.0 Å². The number of aryl methyl sites for hydroxylation is 1. The van der Waals surface area contributed by atoms with Gasteiger partial charge in [0.2, 0.25) is 5.91 Å². The number of hydrogen-bond donors (Lipinski definition) is 1. The maximum Gasteiger partial charge on any atom is 0.222 e. The van der Waals surface area contributed by atoms with Crippen molar-refractivity contribution in [3.05, 3.63) is 36.2 Å². The largest absolute Gasteiger partial charge is 0.772 e. The number of nitrogens with one attached hydrogen (secondary N) is 1. The highest BCUT2D eigenvalue weighted by Crippen LogP contribution is 2.27. The van der Waals surface area contributed by atoms with Crippen molar-refractivity contribution >= 4 is 34.0 Å². The fourth-order valence-electron chi connectivity index (χ4n) is 3.77. The minimum Gasteiger partial charge on any atom is -0.772 e. The molecule has 4 rings (SSSR count). The second-order valence-electron chi connectivity index (χ2n) is 7.36. The number of aromatic nitrogens is 4. The van der Waals surface area contributed by atoms with Crippen LogP contribution in [0.25, 0.3) is 22.6 Å². The molecule has 1 fully saturated rings. The third-order valence-corrected chi connectivity index (χ3v) is 5.91. The van der Waals surface area contributed by atoms with Gasteiger partial charge in [-0.1, -0.05) is 42.3 Å². The van der Waals surface area contributed by atoms with Crippen LogP contribution in [0.5, 0.6) is 0 Å². The molecule has 9 nitrogen and oxygen atoms in total. The Morgan fingerprint density at radius 1 is 1.30 bits per heavy atom. The first-order valence-corrected chi connectivity index (χ1v) is 11.1. The van der Waals surface area contributed by atoms with Crippen molar-refractivity contribution in [3.8, 4) is 11.4 Å². The van der Waals surface area contributed by atoms with E-state index < -0.39 is 11.1 Å². The summed E-state index contributed by atoms with van der Waals surface area (Å²) in [7, 11) is 1.89. The van der Waals surface area contributed by atoms with Crippen LogP contribution >= 0.6 is 0 Å². The van der Waals surface area contributed by atoms with E-state index in [2.05, 4.69) is 15.3 Å². The SMILES string of the molecule is CCC(=O)N1CCC(Nc2ncnc3c2nc(-c2ccc(CS(=O)[O-])cc2)n3C)C1. The number of anilines is 1. The minimum atomic E-state index is -2.12. The molecule has 2 aromatic heterocycles. The van der Waals surface area contributed by atoms with Crippen molar-refractivity contribution in [1.29, 1.82) is 0 Å². The number of carbonyl (C=O) groups excluding carboxylic acids is 1. The van der Waals surface area contributed by atoms with Crippen LogP contribution in [0.15, 0.2) is 30.6 Å². The Labute approximate surface area is 176 Å². The van der Waals surface area contributed by atoms with Gasteiger partial charge in [-0.05, 0) is 12.0 Å². The van der Waals surface area contributed by atoms with Gasteiger partial charge in [0.25, 0.3) is 0 Å². The van der Waals surface area contributed by atoms with Gasteiger partial charge in [-0.3, -0.25) is 9.00 Å². The van der Waals surface area contributed by atoms with Crippen LogP contribution in [0.3, 0.4) is 0 Å². The molecule has 1 amide bonds. The summed E-state index contributed by atoms with van der Waals surface area (Å²) in [6.45, 7) is 3.27. The number of rotatable bonds is 6. The summed E-state index contributed by atoms with van der Waals surface area (Å²) in [6, 6.07) is 7.40. The smallest absolute Gasteiger partial charge is 0.222 e. The summed E-state index contributed by atoms with van der Waals surface area (Å²) in [5.74, 6) is 1.52. The third kappa shape index (κ3) is 4.05. The molecule has 3 heterocycles. The van der Waals surface area contributed by atoms with E-state index in [4.69, 9.17) is 4.98 Å². The number of carbonyl (C=O) groups is 1. The summed E-state index contributed by atoms with van der Waals surface area (Å²) in [4.78, 5) is 27.3. The van der Waals surface area contributed by atoms with E-state index in [0.717, 1.165) is 29.9 Å². The normalized spacial score (nSPS) is 17.4. The molecule has 0 radical (unpaired) electrons. The van der Waals surface area contributed by atoms with Crippen molar-refractivity contribution in [1.82, 2.24) is 24.4 Å². The zero-order valence-corrected chi connectivity index (χ0v) is 17.7. The van der Waals surface area contributed by atoms with Gasteiger partial charge in [0.05, 0.1) is 0 Å². The molecule has 30 heavy (non-hydrogen) atoms. The van der Waals surface area contributed by atoms with Gasteiger partial charge < -0.3 is 19.3 Å². The Morgan fingerprint density at radius 3 is 2.77 bits per heavy atom. The zero-order valence-electron chi connectivity index (χ0n) is 16.9. The van der Waals surface area contributed by atoms with E-state index in [0.29, 0.717) is 29.9 Å². The van der Waals surface area contributed by atoms with Crippen molar-refractivity contribution in [2.24, 2.45) is 7.05 Å². The van der Waals surface area contributed by atoms with Crippen molar-refractivity contribution < 1.29 is 13.6 Å². The van der Waals surface area contributed by atoms with Gasteiger partial charge in [0.15, 0.2) is 17.0 Å². The Balaban J connectivity index is 1.60. The number of nitrogens with zero attached hydrogens (tertiary/aromatic N) is 5. The topological polar surface area (TPSA) is 116 Å². The first-order valence-electron chi connectivity index (χ1n) is 9.83. The van der Waals surface area contributed by atoms with Crippen LogP contribution < -0.4 is 5.32 Å². The van der Waals surface area contributed by atoms with E-state index in [-0.39, 0.29) is 17.7 Å². The molecule has 1 saturated heterocycles. The quantitative estimate of drug-likeness (QED) is 0.597. The number of benzene rings is 1. The number of hydrogen-bond acceptors (Lipinski definition) is 7. The molecular formula is C20H23N6O3S-. The van der Waals surface area contributed by atoms with Crippen molar-refractivity contribution in [3.63, 3.8) is 0 Å². The fraction of sp³-hybridized carbons (Fsp3) is 0.400. The monoisotopic (exact) mass is 427 g/mol. The van der Waals surface area contributed by atoms with Crippen LogP contribution in [0.2, 0.25) is 0 Å². The Kier molecular flexibility index (Phi) is 5.78. The first-order chi connectivity index (χ1) is 14.5. The predicted octanol–water partition coefficient (Wildman–Crippen LogP) is 1.83. The summed E-state index contributed by atoms with van der Waals surface area (Å²) < 4.78 is 23.7. The number of imidazole rings is 1. The minimum absolute atomic E-state index is 0.0126. The van der Waals surface area contributed by atoms with E-state index in [1.54, 1.807) is 12.1 Å². The lowest BCUT2D eigenvalue weighted by Gasteiger charge is -2.16. The Hall–Kier alpha value is -2.85. The van der Waals surface area contributed by atoms with Crippen LogP contribution in [0.4, 0.5) is 5.82 Å². The standard InChI is InChI=1S/C20H24N6O3S/c1-3-16(27)26-9-8-15(10-26)23-18-17-20(22-12-21-18)25(2)19(24-17)14-6-4-13(5-7-14)11-30(28)29/h4-7,12,15H,3,8-11H2,1-2H3,(H,28,29)(H,21,22,23)/p-1. The summed E-state index contributed by atoms with van der Waals surface area (Å²) in [6.07, 6.45) is 2.88. The van der Waals surface area contributed by atoms with Crippen LogP contribution in [-0.4, -0.2) is 58.2 Å². The third-order valence-electron chi connectivity index (χ3n) is 5.34. The summed E-state index contributed by atoms with van der Waals surface area (Å²) in [5, 5.41) is 3.43. The lowest BCUT2D eigenvalue weighted by molar-refractivity contribution is -0.129. The molecule has 0 saturated carbocycles. The molecule has 2 atom stereocenters. The van der Waals surface area contributed by atoms with Gasteiger partial charge in [-0.15, -0.1) is 0 Å². The van der Waals surface area contributed by atoms with Gasteiger partial charge in [0, 0.05) is 43.9 Å². The average Bonchev–Trinajstić information content (AvgIpc) is 3.33. The predicted molar refractivity (Wildman–Crippen MR) is 113 cm³/mol. The van der Waals surface area contributed by atoms with Crippen molar-refractivity contribution in [2.45, 2.75) is 31.6 Å². The molecule has 0 bridgehead atoms. The molecule has 2 unspecified atom stereocenters. The summed E-state index contributed by atoms with van der Waals surface area (Å²) in [5.41, 5.74) is 2.95. The molecule has 0 aliphatic carbocycles. The number of amides is 1. The lowest BCUT2D eigenvalue weighted by Crippen LogP contribution is -2.31. The first kappa shape index (κ1) is 20.4. The van der Waals surface area contributed by atoms with Gasteiger partial charge in [0.1, 0.15) is 12.2 Å². The maximum absolute atomic E-state index is 11.9. The highest BCUT2D eigenvalue weighted by atomic mass is 32.2. The van der Waals surface area contributed by atoms with E-state index >= 15 is 0 Å². The molecule has 10 heteroatoms. The zero-order chi connectivity index (χ0) is 21.3. The molecule has 1 aliphatic heterocycles.